The Morgan fingerprint density at radius 2 is 1.48 bits per heavy atom. The lowest BCUT2D eigenvalue weighted by atomic mass is 9.85. The van der Waals surface area contributed by atoms with E-state index in [9.17, 15) is 9.90 Å². The number of carbonyl (C=O) groups is 1. The lowest BCUT2D eigenvalue weighted by Gasteiger charge is -2.26. The van der Waals surface area contributed by atoms with Crippen LogP contribution >= 0.6 is 0 Å². The molecule has 0 fully saturated rings. The Kier molecular flexibility index (Phi) is 4.82. The molecule has 3 aromatic carbocycles. The predicted octanol–water partition coefficient (Wildman–Crippen LogP) is 2.99. The summed E-state index contributed by atoms with van der Waals surface area (Å²) in [5, 5.41) is 11.0. The van der Waals surface area contributed by atoms with Gasteiger partial charge in [0.2, 0.25) is 0 Å². The molecule has 4 nitrogen and oxygen atoms in total. The standard InChI is InChI=1S/C21H19NO3/c22-20(23)21(24,17-10-5-2-6-11-17)18-12-7-13-19(14-18)25-15-16-8-3-1-4-9-16/h1-14,24H,15H2,(H2,22,23). The van der Waals surface area contributed by atoms with E-state index in [1.807, 2.05) is 36.4 Å². The molecule has 0 aromatic heterocycles. The van der Waals surface area contributed by atoms with Crippen LogP contribution in [0.2, 0.25) is 0 Å². The van der Waals surface area contributed by atoms with Gasteiger partial charge in [-0.05, 0) is 23.3 Å². The van der Waals surface area contributed by atoms with Crippen molar-refractivity contribution in [2.75, 3.05) is 0 Å². The quantitative estimate of drug-likeness (QED) is 0.728. The molecule has 0 aliphatic rings. The predicted molar refractivity (Wildman–Crippen MR) is 95.9 cm³/mol. The second kappa shape index (κ2) is 7.20. The normalized spacial score (nSPS) is 13.0. The van der Waals surface area contributed by atoms with Gasteiger partial charge in [0.25, 0.3) is 5.91 Å². The zero-order valence-corrected chi connectivity index (χ0v) is 13.6. The third-order valence-corrected chi connectivity index (χ3v) is 4.05. The van der Waals surface area contributed by atoms with E-state index in [1.165, 1.54) is 0 Å². The van der Waals surface area contributed by atoms with Gasteiger partial charge >= 0.3 is 0 Å². The first-order chi connectivity index (χ1) is 12.1. The number of rotatable bonds is 6. The molecule has 0 bridgehead atoms. The number of hydrogen-bond donors (Lipinski definition) is 2. The van der Waals surface area contributed by atoms with Gasteiger partial charge in [0, 0.05) is 5.56 Å². The molecule has 0 aliphatic heterocycles. The summed E-state index contributed by atoms with van der Waals surface area (Å²) in [6, 6.07) is 25.2. The van der Waals surface area contributed by atoms with Crippen molar-refractivity contribution >= 4 is 5.91 Å². The van der Waals surface area contributed by atoms with Crippen molar-refractivity contribution in [3.63, 3.8) is 0 Å². The van der Waals surface area contributed by atoms with E-state index in [-0.39, 0.29) is 0 Å². The number of benzene rings is 3. The van der Waals surface area contributed by atoms with Crippen molar-refractivity contribution in [3.05, 3.63) is 102 Å². The van der Waals surface area contributed by atoms with E-state index >= 15 is 0 Å². The molecule has 0 aliphatic carbocycles. The third-order valence-electron chi connectivity index (χ3n) is 4.05. The van der Waals surface area contributed by atoms with E-state index < -0.39 is 11.5 Å². The second-order valence-corrected chi connectivity index (χ2v) is 5.74. The largest absolute Gasteiger partial charge is 0.489 e. The van der Waals surface area contributed by atoms with Crippen LogP contribution in [0.25, 0.3) is 0 Å². The molecule has 1 amide bonds. The van der Waals surface area contributed by atoms with Gasteiger partial charge in [0.1, 0.15) is 12.4 Å². The average Bonchev–Trinajstić information content (AvgIpc) is 2.67. The van der Waals surface area contributed by atoms with Gasteiger partial charge in [0.15, 0.2) is 5.60 Å². The number of hydrogen-bond acceptors (Lipinski definition) is 3. The van der Waals surface area contributed by atoms with Crippen molar-refractivity contribution < 1.29 is 14.6 Å². The third kappa shape index (κ3) is 3.54. The molecule has 126 valence electrons. The van der Waals surface area contributed by atoms with Crippen LogP contribution in [-0.2, 0) is 17.0 Å². The van der Waals surface area contributed by atoms with Crippen LogP contribution < -0.4 is 10.5 Å². The zero-order chi connectivity index (χ0) is 17.7. The Bertz CT molecular complexity index is 849. The highest BCUT2D eigenvalue weighted by molar-refractivity contribution is 5.88. The van der Waals surface area contributed by atoms with Crippen molar-refractivity contribution in [3.8, 4) is 5.75 Å². The Labute approximate surface area is 146 Å². The highest BCUT2D eigenvalue weighted by atomic mass is 16.5. The maximum Gasteiger partial charge on any atom is 0.258 e. The minimum absolute atomic E-state index is 0.372. The van der Waals surface area contributed by atoms with Gasteiger partial charge in [-0.3, -0.25) is 4.79 Å². The molecule has 3 aromatic rings. The summed E-state index contributed by atoms with van der Waals surface area (Å²) >= 11 is 0. The van der Waals surface area contributed by atoms with Crippen LogP contribution in [0.15, 0.2) is 84.9 Å². The topological polar surface area (TPSA) is 72.6 Å². The summed E-state index contributed by atoms with van der Waals surface area (Å²) in [6.45, 7) is 0.393. The molecule has 1 unspecified atom stereocenters. The molecular formula is C21H19NO3. The Balaban J connectivity index is 1.90. The molecular weight excluding hydrogens is 314 g/mol. The first-order valence-corrected chi connectivity index (χ1v) is 7.96. The molecule has 25 heavy (non-hydrogen) atoms. The Morgan fingerprint density at radius 1 is 0.880 bits per heavy atom. The molecule has 0 heterocycles. The average molecular weight is 333 g/mol. The molecule has 0 radical (unpaired) electrons. The number of aliphatic hydroxyl groups is 1. The zero-order valence-electron chi connectivity index (χ0n) is 13.6. The second-order valence-electron chi connectivity index (χ2n) is 5.74. The fraction of sp³-hybridized carbons (Fsp3) is 0.0952. The highest BCUT2D eigenvalue weighted by Gasteiger charge is 2.38. The highest BCUT2D eigenvalue weighted by Crippen LogP contribution is 2.31. The van der Waals surface area contributed by atoms with E-state index in [0.29, 0.717) is 23.5 Å². The van der Waals surface area contributed by atoms with Crippen LogP contribution in [0.3, 0.4) is 0 Å². The maximum atomic E-state index is 12.0. The fourth-order valence-corrected chi connectivity index (χ4v) is 2.68. The smallest absolute Gasteiger partial charge is 0.258 e. The van der Waals surface area contributed by atoms with Gasteiger partial charge in [-0.2, -0.15) is 0 Å². The van der Waals surface area contributed by atoms with Crippen LogP contribution in [0.5, 0.6) is 5.75 Å². The minimum atomic E-state index is -1.91. The van der Waals surface area contributed by atoms with E-state index in [0.717, 1.165) is 5.56 Å². The molecule has 0 saturated carbocycles. The van der Waals surface area contributed by atoms with E-state index in [1.54, 1.807) is 48.5 Å². The lowest BCUT2D eigenvalue weighted by Crippen LogP contribution is -2.42. The van der Waals surface area contributed by atoms with E-state index in [4.69, 9.17) is 10.5 Å². The van der Waals surface area contributed by atoms with Gasteiger partial charge in [-0.25, -0.2) is 0 Å². The monoisotopic (exact) mass is 333 g/mol. The van der Waals surface area contributed by atoms with Crippen molar-refractivity contribution in [2.45, 2.75) is 12.2 Å². The maximum absolute atomic E-state index is 12.0. The summed E-state index contributed by atoms with van der Waals surface area (Å²) in [6.07, 6.45) is 0. The van der Waals surface area contributed by atoms with Gasteiger partial charge in [-0.1, -0.05) is 72.8 Å². The summed E-state index contributed by atoms with van der Waals surface area (Å²) in [7, 11) is 0. The number of ether oxygens (including phenoxy) is 1. The summed E-state index contributed by atoms with van der Waals surface area (Å²) in [5.74, 6) is -0.282. The molecule has 4 heteroatoms. The fourth-order valence-electron chi connectivity index (χ4n) is 2.68. The van der Waals surface area contributed by atoms with Crippen LogP contribution in [0.1, 0.15) is 16.7 Å². The van der Waals surface area contributed by atoms with Crippen LogP contribution in [0.4, 0.5) is 0 Å². The van der Waals surface area contributed by atoms with Gasteiger partial charge < -0.3 is 15.6 Å². The van der Waals surface area contributed by atoms with Crippen LogP contribution in [0, 0.1) is 0 Å². The SMILES string of the molecule is NC(=O)C(O)(c1ccccc1)c1cccc(OCc2ccccc2)c1. The van der Waals surface area contributed by atoms with Gasteiger partial charge in [-0.15, -0.1) is 0 Å². The van der Waals surface area contributed by atoms with E-state index in [2.05, 4.69) is 0 Å². The van der Waals surface area contributed by atoms with Crippen molar-refractivity contribution in [1.82, 2.24) is 0 Å². The lowest BCUT2D eigenvalue weighted by molar-refractivity contribution is -0.133. The summed E-state index contributed by atoms with van der Waals surface area (Å²) in [5.41, 5.74) is 5.43. The number of amides is 1. The summed E-state index contributed by atoms with van der Waals surface area (Å²) in [4.78, 5) is 12.0. The molecule has 3 N–H and O–H groups in total. The Morgan fingerprint density at radius 3 is 2.12 bits per heavy atom. The molecule has 0 saturated heterocycles. The van der Waals surface area contributed by atoms with Crippen LogP contribution in [-0.4, -0.2) is 11.0 Å². The molecule has 3 rings (SSSR count). The molecule has 0 spiro atoms. The number of carbonyl (C=O) groups excluding carboxylic acids is 1. The molecule has 1 atom stereocenters. The Hall–Kier alpha value is -3.11. The van der Waals surface area contributed by atoms with Crippen molar-refractivity contribution in [1.29, 1.82) is 0 Å². The van der Waals surface area contributed by atoms with Crippen molar-refractivity contribution in [2.24, 2.45) is 5.73 Å². The first-order valence-electron chi connectivity index (χ1n) is 7.96. The summed E-state index contributed by atoms with van der Waals surface area (Å²) < 4.78 is 5.78. The first kappa shape index (κ1) is 16.7. The van der Waals surface area contributed by atoms with Gasteiger partial charge in [0.05, 0.1) is 0 Å². The number of primary amides is 1. The minimum Gasteiger partial charge on any atom is -0.489 e. The number of nitrogens with two attached hydrogens (primary N) is 1.